The van der Waals surface area contributed by atoms with Crippen molar-refractivity contribution in [3.05, 3.63) is 35.5 Å². The Labute approximate surface area is 84.6 Å². The molecule has 0 aliphatic rings. The summed E-state index contributed by atoms with van der Waals surface area (Å²) in [5.74, 6) is 0.461. The molecular formula is C8H4ClN5. The lowest BCUT2D eigenvalue weighted by molar-refractivity contribution is 0.839. The molecule has 0 aromatic carbocycles. The third-order valence-corrected chi connectivity index (χ3v) is 1.84. The van der Waals surface area contributed by atoms with Crippen molar-refractivity contribution in [1.82, 2.24) is 19.7 Å². The van der Waals surface area contributed by atoms with Crippen molar-refractivity contribution in [1.29, 1.82) is 5.26 Å². The van der Waals surface area contributed by atoms with E-state index >= 15 is 0 Å². The van der Waals surface area contributed by atoms with E-state index in [9.17, 15) is 0 Å². The molecule has 0 aliphatic carbocycles. The summed E-state index contributed by atoms with van der Waals surface area (Å²) < 4.78 is 1.43. The second kappa shape index (κ2) is 3.44. The molecule has 0 saturated heterocycles. The maximum absolute atomic E-state index is 8.60. The van der Waals surface area contributed by atoms with Gasteiger partial charge in [0.25, 0.3) is 0 Å². The van der Waals surface area contributed by atoms with Gasteiger partial charge < -0.3 is 0 Å². The predicted molar refractivity (Wildman–Crippen MR) is 48.9 cm³/mol. The van der Waals surface area contributed by atoms with Gasteiger partial charge in [0.2, 0.25) is 0 Å². The molecule has 0 spiro atoms. The first-order chi connectivity index (χ1) is 6.81. The average molecular weight is 206 g/mol. The quantitative estimate of drug-likeness (QED) is 0.701. The number of hydrogen-bond acceptors (Lipinski definition) is 4. The molecule has 0 aliphatic heterocycles. The van der Waals surface area contributed by atoms with Gasteiger partial charge in [-0.3, -0.25) is 0 Å². The molecule has 0 saturated carbocycles. The van der Waals surface area contributed by atoms with E-state index < -0.39 is 0 Å². The lowest BCUT2D eigenvalue weighted by atomic mass is 10.4. The molecule has 0 fully saturated rings. The third kappa shape index (κ3) is 1.43. The normalized spacial score (nSPS) is 9.71. The second-order valence-electron chi connectivity index (χ2n) is 2.48. The van der Waals surface area contributed by atoms with E-state index in [-0.39, 0.29) is 0 Å². The van der Waals surface area contributed by atoms with Crippen molar-refractivity contribution >= 4 is 11.6 Å². The average Bonchev–Trinajstić information content (AvgIpc) is 2.67. The first kappa shape index (κ1) is 8.66. The Morgan fingerprint density at radius 3 is 2.93 bits per heavy atom. The van der Waals surface area contributed by atoms with Crippen LogP contribution in [0.5, 0.6) is 0 Å². The van der Waals surface area contributed by atoms with Crippen LogP contribution in [0.4, 0.5) is 0 Å². The van der Waals surface area contributed by atoms with Crippen molar-refractivity contribution < 1.29 is 0 Å². The van der Waals surface area contributed by atoms with E-state index in [4.69, 9.17) is 16.9 Å². The fourth-order valence-corrected chi connectivity index (χ4v) is 1.16. The van der Waals surface area contributed by atoms with Gasteiger partial charge in [-0.05, 0) is 0 Å². The van der Waals surface area contributed by atoms with Crippen LogP contribution in [0.2, 0.25) is 5.02 Å². The standard InChI is InChI=1S/C8H4ClN5/c9-7-3-11-5-12-8(7)14-4-6(1-10)2-13-14/h2-5H. The van der Waals surface area contributed by atoms with Crippen molar-refractivity contribution in [2.45, 2.75) is 0 Å². The number of rotatable bonds is 1. The van der Waals surface area contributed by atoms with E-state index in [1.165, 1.54) is 23.4 Å². The zero-order chi connectivity index (χ0) is 9.97. The zero-order valence-electron chi connectivity index (χ0n) is 6.92. The Morgan fingerprint density at radius 1 is 1.43 bits per heavy atom. The lowest BCUT2D eigenvalue weighted by Crippen LogP contribution is -1.98. The third-order valence-electron chi connectivity index (χ3n) is 1.58. The Balaban J connectivity index is 2.51. The molecule has 0 bridgehead atoms. The van der Waals surface area contributed by atoms with Crippen LogP contribution in [0.3, 0.4) is 0 Å². The minimum Gasteiger partial charge on any atom is -0.243 e. The summed E-state index contributed by atoms with van der Waals surface area (Å²) in [6.07, 6.45) is 5.83. The minimum absolute atomic E-state index is 0.389. The summed E-state index contributed by atoms with van der Waals surface area (Å²) in [6, 6.07) is 1.97. The first-order valence-electron chi connectivity index (χ1n) is 3.72. The van der Waals surface area contributed by atoms with E-state index in [0.717, 1.165) is 0 Å². The highest BCUT2D eigenvalue weighted by Crippen LogP contribution is 2.14. The van der Waals surface area contributed by atoms with Gasteiger partial charge in [-0.1, -0.05) is 11.6 Å². The van der Waals surface area contributed by atoms with E-state index in [0.29, 0.717) is 16.4 Å². The number of halogens is 1. The number of hydrogen-bond donors (Lipinski definition) is 0. The van der Waals surface area contributed by atoms with Gasteiger partial charge in [-0.15, -0.1) is 0 Å². The molecule has 6 heteroatoms. The van der Waals surface area contributed by atoms with E-state index in [2.05, 4.69) is 15.1 Å². The van der Waals surface area contributed by atoms with Gasteiger partial charge in [0.1, 0.15) is 17.4 Å². The Hall–Kier alpha value is -1.93. The number of nitrogens with zero attached hydrogens (tertiary/aromatic N) is 5. The molecule has 2 aromatic heterocycles. The maximum atomic E-state index is 8.60. The van der Waals surface area contributed by atoms with Crippen LogP contribution in [-0.4, -0.2) is 19.7 Å². The highest BCUT2D eigenvalue weighted by Gasteiger charge is 2.05. The maximum Gasteiger partial charge on any atom is 0.175 e. The number of nitriles is 1. The molecule has 14 heavy (non-hydrogen) atoms. The summed E-state index contributed by atoms with van der Waals surface area (Å²) in [5.41, 5.74) is 0.458. The van der Waals surface area contributed by atoms with E-state index in [1.54, 1.807) is 6.20 Å². The predicted octanol–water partition coefficient (Wildman–Crippen LogP) is 1.19. The van der Waals surface area contributed by atoms with E-state index in [1.807, 2.05) is 6.07 Å². The molecule has 5 nitrogen and oxygen atoms in total. The van der Waals surface area contributed by atoms with Gasteiger partial charge in [0.05, 0.1) is 24.2 Å². The molecular weight excluding hydrogens is 202 g/mol. The Kier molecular flexibility index (Phi) is 2.13. The molecule has 0 unspecified atom stereocenters. The van der Waals surface area contributed by atoms with Crippen molar-refractivity contribution in [3.8, 4) is 11.9 Å². The van der Waals surface area contributed by atoms with Crippen LogP contribution in [-0.2, 0) is 0 Å². The van der Waals surface area contributed by atoms with Crippen LogP contribution in [0, 0.1) is 11.3 Å². The highest BCUT2D eigenvalue weighted by atomic mass is 35.5. The molecule has 2 aromatic rings. The largest absolute Gasteiger partial charge is 0.243 e. The molecule has 0 atom stereocenters. The summed E-state index contributed by atoms with van der Waals surface area (Å²) in [5, 5.41) is 12.9. The Bertz CT molecular complexity index is 498. The molecule has 2 rings (SSSR count). The number of aromatic nitrogens is 4. The van der Waals surface area contributed by atoms with Gasteiger partial charge >= 0.3 is 0 Å². The van der Waals surface area contributed by atoms with Crippen LogP contribution in [0.25, 0.3) is 5.82 Å². The summed E-state index contributed by atoms with van der Waals surface area (Å²) in [7, 11) is 0. The van der Waals surface area contributed by atoms with Crippen LogP contribution in [0.1, 0.15) is 5.56 Å². The summed E-state index contributed by atoms with van der Waals surface area (Å²) in [6.45, 7) is 0. The van der Waals surface area contributed by atoms with Crippen LogP contribution in [0.15, 0.2) is 24.9 Å². The topological polar surface area (TPSA) is 67.4 Å². The lowest BCUT2D eigenvalue weighted by Gasteiger charge is -1.99. The highest BCUT2D eigenvalue weighted by molar-refractivity contribution is 6.32. The SMILES string of the molecule is N#Cc1cnn(-c2ncncc2Cl)c1. The van der Waals surface area contributed by atoms with Crippen molar-refractivity contribution in [2.24, 2.45) is 0 Å². The monoisotopic (exact) mass is 205 g/mol. The summed E-state index contributed by atoms with van der Waals surface area (Å²) in [4.78, 5) is 7.69. The van der Waals surface area contributed by atoms with Gasteiger partial charge in [-0.25, -0.2) is 14.6 Å². The first-order valence-corrected chi connectivity index (χ1v) is 4.09. The Morgan fingerprint density at radius 2 is 2.29 bits per heavy atom. The summed E-state index contributed by atoms with van der Waals surface area (Å²) >= 11 is 5.84. The fraction of sp³-hybridized carbons (Fsp3) is 0. The molecule has 2 heterocycles. The molecule has 68 valence electrons. The van der Waals surface area contributed by atoms with Gasteiger partial charge in [0, 0.05) is 0 Å². The van der Waals surface area contributed by atoms with Crippen LogP contribution >= 0.6 is 11.6 Å². The smallest absolute Gasteiger partial charge is 0.175 e. The van der Waals surface area contributed by atoms with Crippen molar-refractivity contribution in [3.63, 3.8) is 0 Å². The second-order valence-corrected chi connectivity index (χ2v) is 2.89. The molecule has 0 N–H and O–H groups in total. The van der Waals surface area contributed by atoms with Crippen LogP contribution < -0.4 is 0 Å². The van der Waals surface area contributed by atoms with Gasteiger partial charge in [-0.2, -0.15) is 10.4 Å². The molecule has 0 radical (unpaired) electrons. The van der Waals surface area contributed by atoms with Crippen molar-refractivity contribution in [2.75, 3.05) is 0 Å². The zero-order valence-corrected chi connectivity index (χ0v) is 7.68. The fourth-order valence-electron chi connectivity index (χ4n) is 0.971. The van der Waals surface area contributed by atoms with Gasteiger partial charge in [0.15, 0.2) is 5.82 Å². The minimum atomic E-state index is 0.389. The molecule has 0 amide bonds.